The number of rotatable bonds is 8. The number of benzene rings is 1. The molecular formula is C19H26ClN3O3. The number of likely N-dealkylation sites (N-methyl/N-ethyl adjacent to an activating group) is 1. The summed E-state index contributed by atoms with van der Waals surface area (Å²) in [4.78, 5) is 40.2. The van der Waals surface area contributed by atoms with Gasteiger partial charge in [-0.25, -0.2) is 0 Å². The molecule has 1 heterocycles. The predicted octanol–water partition coefficient (Wildman–Crippen LogP) is 1.97. The number of nitrogens with zero attached hydrogens (tertiary/aromatic N) is 2. The van der Waals surface area contributed by atoms with Crippen LogP contribution in [0.15, 0.2) is 24.3 Å². The van der Waals surface area contributed by atoms with Crippen LogP contribution in [-0.4, -0.2) is 66.7 Å². The van der Waals surface area contributed by atoms with Crippen molar-refractivity contribution in [3.63, 3.8) is 0 Å². The first-order valence-corrected chi connectivity index (χ1v) is 9.43. The molecule has 1 saturated heterocycles. The van der Waals surface area contributed by atoms with Gasteiger partial charge in [0.1, 0.15) is 0 Å². The Morgan fingerprint density at radius 2 is 1.65 bits per heavy atom. The molecule has 26 heavy (non-hydrogen) atoms. The number of carbonyl (C=O) groups excluding carboxylic acids is 3. The zero-order valence-electron chi connectivity index (χ0n) is 15.2. The van der Waals surface area contributed by atoms with Crippen molar-refractivity contribution in [1.82, 2.24) is 15.1 Å². The molecule has 1 N–H and O–H groups in total. The molecule has 0 spiro atoms. The van der Waals surface area contributed by atoms with Crippen LogP contribution in [0.25, 0.3) is 0 Å². The zero-order valence-corrected chi connectivity index (χ0v) is 15.9. The predicted molar refractivity (Wildman–Crippen MR) is 101 cm³/mol. The number of ketones is 1. The molecule has 0 saturated carbocycles. The van der Waals surface area contributed by atoms with Crippen LogP contribution in [0.5, 0.6) is 0 Å². The van der Waals surface area contributed by atoms with Gasteiger partial charge in [-0.3, -0.25) is 14.4 Å². The molecule has 6 nitrogen and oxygen atoms in total. The Morgan fingerprint density at radius 1 is 1.00 bits per heavy atom. The maximum atomic E-state index is 12.1. The van der Waals surface area contributed by atoms with Gasteiger partial charge in [0.25, 0.3) is 0 Å². The lowest BCUT2D eigenvalue weighted by atomic mass is 10.1. The van der Waals surface area contributed by atoms with Crippen molar-refractivity contribution in [2.24, 2.45) is 0 Å². The quantitative estimate of drug-likeness (QED) is 0.701. The van der Waals surface area contributed by atoms with Crippen LogP contribution in [0.1, 0.15) is 36.5 Å². The molecule has 0 atom stereocenters. The van der Waals surface area contributed by atoms with Gasteiger partial charge in [0.2, 0.25) is 11.8 Å². The second-order valence-electron chi connectivity index (χ2n) is 6.35. The number of nitrogens with one attached hydrogen (secondary N) is 1. The van der Waals surface area contributed by atoms with E-state index < -0.39 is 0 Å². The molecule has 0 unspecified atom stereocenters. The highest BCUT2D eigenvalue weighted by Crippen LogP contribution is 2.12. The summed E-state index contributed by atoms with van der Waals surface area (Å²) in [5, 5.41) is 3.29. The maximum absolute atomic E-state index is 12.1. The molecule has 142 valence electrons. The summed E-state index contributed by atoms with van der Waals surface area (Å²) in [5.41, 5.74) is 0.545. The number of hydrogen-bond acceptors (Lipinski definition) is 4. The Hall–Kier alpha value is -1.92. The Balaban J connectivity index is 1.62. The highest BCUT2D eigenvalue weighted by molar-refractivity contribution is 6.30. The van der Waals surface area contributed by atoms with Gasteiger partial charge < -0.3 is 15.1 Å². The zero-order chi connectivity index (χ0) is 18.9. The van der Waals surface area contributed by atoms with E-state index in [1.54, 1.807) is 24.3 Å². The van der Waals surface area contributed by atoms with Gasteiger partial charge in [-0.15, -0.1) is 0 Å². The van der Waals surface area contributed by atoms with Crippen LogP contribution in [0.3, 0.4) is 0 Å². The van der Waals surface area contributed by atoms with Crippen LogP contribution in [0.2, 0.25) is 5.02 Å². The van der Waals surface area contributed by atoms with Crippen LogP contribution in [0.4, 0.5) is 0 Å². The van der Waals surface area contributed by atoms with Crippen molar-refractivity contribution in [3.05, 3.63) is 34.9 Å². The number of Topliss-reactive ketones (excluding diaryl/α,β-unsaturated/α-hetero) is 1. The van der Waals surface area contributed by atoms with E-state index in [4.69, 9.17) is 11.6 Å². The van der Waals surface area contributed by atoms with E-state index in [0.29, 0.717) is 23.6 Å². The third kappa shape index (κ3) is 6.42. The normalized spacial score (nSPS) is 14.9. The second kappa shape index (κ2) is 10.3. The van der Waals surface area contributed by atoms with E-state index in [0.717, 1.165) is 32.7 Å². The molecule has 1 fully saturated rings. The van der Waals surface area contributed by atoms with Crippen molar-refractivity contribution >= 4 is 29.2 Å². The average Bonchev–Trinajstić information content (AvgIpc) is 2.66. The molecule has 1 aromatic carbocycles. The highest BCUT2D eigenvalue weighted by Gasteiger charge is 2.19. The summed E-state index contributed by atoms with van der Waals surface area (Å²) in [7, 11) is 0. The first kappa shape index (κ1) is 20.4. The van der Waals surface area contributed by atoms with Crippen molar-refractivity contribution < 1.29 is 14.4 Å². The molecule has 0 bridgehead atoms. The minimum absolute atomic E-state index is 0.0679. The van der Waals surface area contributed by atoms with E-state index in [-0.39, 0.29) is 30.4 Å². The maximum Gasteiger partial charge on any atom is 0.224 e. The molecule has 7 heteroatoms. The fourth-order valence-corrected chi connectivity index (χ4v) is 3.00. The summed E-state index contributed by atoms with van der Waals surface area (Å²) < 4.78 is 0. The third-order valence-corrected chi connectivity index (χ3v) is 4.83. The number of hydrogen-bond donors (Lipinski definition) is 1. The van der Waals surface area contributed by atoms with Crippen LogP contribution >= 0.6 is 11.6 Å². The van der Waals surface area contributed by atoms with E-state index in [2.05, 4.69) is 17.1 Å². The molecule has 0 radical (unpaired) electrons. The van der Waals surface area contributed by atoms with Crippen LogP contribution in [0, 0.1) is 0 Å². The van der Waals surface area contributed by atoms with Crippen molar-refractivity contribution in [2.45, 2.75) is 26.2 Å². The van der Waals surface area contributed by atoms with E-state index in [9.17, 15) is 14.4 Å². The van der Waals surface area contributed by atoms with E-state index in [1.807, 2.05) is 4.90 Å². The van der Waals surface area contributed by atoms with Crippen molar-refractivity contribution in [1.29, 1.82) is 0 Å². The lowest BCUT2D eigenvalue weighted by Gasteiger charge is -2.34. The molecule has 1 aromatic rings. The smallest absolute Gasteiger partial charge is 0.224 e. The summed E-state index contributed by atoms with van der Waals surface area (Å²) in [6.07, 6.45) is 0.550. The van der Waals surface area contributed by atoms with E-state index in [1.165, 1.54) is 0 Å². The molecule has 1 aliphatic heterocycles. The standard InChI is InChI=1S/C19H26ClN3O3/c1-2-22-11-13-23(14-12-22)19(26)9-10-21-18(25)8-7-17(24)15-3-5-16(20)6-4-15/h3-6H,2,7-14H2,1H3,(H,21,25). The van der Waals surface area contributed by atoms with Gasteiger partial charge in [-0.1, -0.05) is 18.5 Å². The van der Waals surface area contributed by atoms with Gasteiger partial charge in [-0.05, 0) is 30.8 Å². The second-order valence-corrected chi connectivity index (χ2v) is 6.78. The Bertz CT molecular complexity index is 625. The van der Waals surface area contributed by atoms with Gasteiger partial charge in [0.15, 0.2) is 5.78 Å². The molecule has 2 rings (SSSR count). The number of halogens is 1. The van der Waals surface area contributed by atoms with E-state index >= 15 is 0 Å². The average molecular weight is 380 g/mol. The summed E-state index contributed by atoms with van der Waals surface area (Å²) in [6.45, 7) is 6.73. The molecular weight excluding hydrogens is 354 g/mol. The summed E-state index contributed by atoms with van der Waals surface area (Å²) in [5.74, 6) is -0.240. The number of amides is 2. The van der Waals surface area contributed by atoms with Crippen LogP contribution in [-0.2, 0) is 9.59 Å². The van der Waals surface area contributed by atoms with Crippen molar-refractivity contribution in [3.8, 4) is 0 Å². The minimum atomic E-state index is -0.212. The first-order chi connectivity index (χ1) is 12.5. The fraction of sp³-hybridized carbons (Fsp3) is 0.526. The largest absolute Gasteiger partial charge is 0.356 e. The lowest BCUT2D eigenvalue weighted by Crippen LogP contribution is -2.49. The lowest BCUT2D eigenvalue weighted by molar-refractivity contribution is -0.132. The third-order valence-electron chi connectivity index (χ3n) is 4.58. The molecule has 0 aliphatic carbocycles. The number of carbonyl (C=O) groups is 3. The highest BCUT2D eigenvalue weighted by atomic mass is 35.5. The monoisotopic (exact) mass is 379 g/mol. The Morgan fingerprint density at radius 3 is 2.27 bits per heavy atom. The molecule has 1 aliphatic rings. The topological polar surface area (TPSA) is 69.7 Å². The SMILES string of the molecule is CCN1CCN(C(=O)CCNC(=O)CCC(=O)c2ccc(Cl)cc2)CC1. The van der Waals surface area contributed by atoms with Crippen LogP contribution < -0.4 is 5.32 Å². The Labute approximate surface area is 159 Å². The Kier molecular flexibility index (Phi) is 8.06. The minimum Gasteiger partial charge on any atom is -0.356 e. The van der Waals surface area contributed by atoms with Crippen molar-refractivity contribution in [2.75, 3.05) is 39.3 Å². The van der Waals surface area contributed by atoms with Gasteiger partial charge in [0.05, 0.1) is 0 Å². The first-order valence-electron chi connectivity index (χ1n) is 9.05. The van der Waals surface area contributed by atoms with Gasteiger partial charge in [0, 0.05) is 62.6 Å². The summed E-state index contributed by atoms with van der Waals surface area (Å²) >= 11 is 5.79. The summed E-state index contributed by atoms with van der Waals surface area (Å²) in [6, 6.07) is 6.61. The number of piperazine rings is 1. The molecule has 2 amide bonds. The van der Waals surface area contributed by atoms with Gasteiger partial charge in [-0.2, -0.15) is 0 Å². The molecule has 0 aromatic heterocycles. The fourth-order valence-electron chi connectivity index (χ4n) is 2.88. The van der Waals surface area contributed by atoms with Gasteiger partial charge >= 0.3 is 0 Å².